The molecule has 12 rings (SSSR count). The molecule has 3 aromatic heterocycles. The van der Waals surface area contributed by atoms with Crippen molar-refractivity contribution in [2.45, 2.75) is 0 Å². The second kappa shape index (κ2) is 15.4. The molecule has 0 N–H and O–H groups in total. The van der Waals surface area contributed by atoms with E-state index in [0.29, 0.717) is 17.5 Å². The van der Waals surface area contributed by atoms with Crippen LogP contribution in [0.3, 0.4) is 0 Å². The van der Waals surface area contributed by atoms with E-state index in [-0.39, 0.29) is 0 Å². The van der Waals surface area contributed by atoms with Crippen LogP contribution < -0.4 is 0 Å². The Morgan fingerprint density at radius 1 is 0.286 bits per heavy atom. The Hall–Kier alpha value is -8.12. The van der Waals surface area contributed by atoms with E-state index in [1.165, 1.54) is 31.1 Å². The predicted octanol–water partition coefficient (Wildman–Crippen LogP) is 15.6. The first-order valence-corrected chi connectivity index (χ1v) is 21.9. The highest BCUT2D eigenvalue weighted by Gasteiger charge is 2.19. The van der Waals surface area contributed by atoms with Crippen molar-refractivity contribution in [3.05, 3.63) is 218 Å². The third kappa shape index (κ3) is 6.63. The molecule has 294 valence electrons. The van der Waals surface area contributed by atoms with Crippen LogP contribution in [0.25, 0.3) is 121 Å². The highest BCUT2D eigenvalue weighted by molar-refractivity contribution is 7.26. The molecule has 0 fully saturated rings. The van der Waals surface area contributed by atoms with Crippen LogP contribution in [-0.4, -0.2) is 19.9 Å². The summed E-state index contributed by atoms with van der Waals surface area (Å²) in [6, 6.07) is 76.8. The van der Waals surface area contributed by atoms with E-state index in [1.54, 1.807) is 0 Å². The minimum atomic E-state index is 0.619. The van der Waals surface area contributed by atoms with Crippen molar-refractivity contribution in [1.29, 1.82) is 0 Å². The summed E-state index contributed by atoms with van der Waals surface area (Å²) in [6.07, 6.45) is 0. The molecule has 0 aliphatic rings. The molecular weight excluding hydrogens is 785 g/mol. The van der Waals surface area contributed by atoms with Crippen molar-refractivity contribution >= 4 is 53.2 Å². The van der Waals surface area contributed by atoms with Gasteiger partial charge >= 0.3 is 0 Å². The van der Waals surface area contributed by atoms with Crippen LogP contribution in [0, 0.1) is 0 Å². The van der Waals surface area contributed by atoms with Gasteiger partial charge in [-0.05, 0) is 63.7 Å². The normalized spacial score (nSPS) is 11.5. The number of para-hydroxylation sites is 1. The van der Waals surface area contributed by atoms with Crippen molar-refractivity contribution < 1.29 is 0 Å². The molecule has 0 bridgehead atoms. The summed E-state index contributed by atoms with van der Waals surface area (Å²) in [4.78, 5) is 20.8. The minimum Gasteiger partial charge on any atom is -0.247 e. The molecule has 3 heterocycles. The van der Waals surface area contributed by atoms with E-state index in [4.69, 9.17) is 19.9 Å². The molecule has 0 spiro atoms. The molecule has 0 radical (unpaired) electrons. The Balaban J connectivity index is 1.03. The van der Waals surface area contributed by atoms with Crippen LogP contribution in [-0.2, 0) is 0 Å². The van der Waals surface area contributed by atoms with Gasteiger partial charge in [0, 0.05) is 58.6 Å². The fourth-order valence-corrected chi connectivity index (χ4v) is 10.1. The lowest BCUT2D eigenvalue weighted by Gasteiger charge is -2.12. The third-order valence-electron chi connectivity index (χ3n) is 11.9. The standard InChI is InChI=1S/C58H36N4S/c1-4-16-37(17-5-1)40-22-12-25-43(34-40)56-60-57(44-26-13-23-41(35-44)38-18-6-2-7-19-38)62-58(61-56)45-27-14-24-42(36-45)46-29-15-30-49-53-51(63-55(46)49)33-32-48-52(53)47-28-10-11-31-50(47)59-54(48)39-20-8-3-9-21-39/h1-36H. The summed E-state index contributed by atoms with van der Waals surface area (Å²) < 4.78 is 2.49. The van der Waals surface area contributed by atoms with Crippen LogP contribution in [0.5, 0.6) is 0 Å². The first-order chi connectivity index (χ1) is 31.2. The maximum absolute atomic E-state index is 5.22. The summed E-state index contributed by atoms with van der Waals surface area (Å²) in [6.45, 7) is 0. The highest BCUT2D eigenvalue weighted by atomic mass is 32.1. The molecule has 0 atom stereocenters. The number of rotatable bonds is 7. The number of nitrogens with zero attached hydrogens (tertiary/aromatic N) is 4. The molecule has 0 saturated carbocycles. The van der Waals surface area contributed by atoms with E-state index in [9.17, 15) is 0 Å². The van der Waals surface area contributed by atoms with Gasteiger partial charge in [0.2, 0.25) is 0 Å². The van der Waals surface area contributed by atoms with Crippen LogP contribution in [0.4, 0.5) is 0 Å². The SMILES string of the molecule is c1ccc(-c2cccc(-c3nc(-c4cccc(-c5ccccc5)c4)nc(-c4cccc(-c5cccc6c5sc5ccc7c(-c8ccccc8)nc8ccccc8c7c56)c4)n3)c2)cc1. The quantitative estimate of drug-likeness (QED) is 0.150. The Kier molecular flexibility index (Phi) is 8.98. The lowest BCUT2D eigenvalue weighted by Crippen LogP contribution is -2.00. The summed E-state index contributed by atoms with van der Waals surface area (Å²) in [7, 11) is 0. The molecule has 4 nitrogen and oxygen atoms in total. The second-order valence-electron chi connectivity index (χ2n) is 15.8. The highest BCUT2D eigenvalue weighted by Crippen LogP contribution is 2.46. The molecule has 9 aromatic carbocycles. The number of aromatic nitrogens is 4. The van der Waals surface area contributed by atoms with Crippen molar-refractivity contribution in [2.75, 3.05) is 0 Å². The van der Waals surface area contributed by atoms with E-state index >= 15 is 0 Å². The van der Waals surface area contributed by atoms with Gasteiger partial charge < -0.3 is 0 Å². The number of pyridine rings is 1. The fourth-order valence-electron chi connectivity index (χ4n) is 8.90. The van der Waals surface area contributed by atoms with Crippen LogP contribution >= 0.6 is 11.3 Å². The molecule has 0 amide bonds. The maximum atomic E-state index is 5.22. The van der Waals surface area contributed by atoms with Gasteiger partial charge in [0.05, 0.1) is 11.2 Å². The maximum Gasteiger partial charge on any atom is 0.164 e. The average Bonchev–Trinajstić information content (AvgIpc) is 3.76. The van der Waals surface area contributed by atoms with Gasteiger partial charge in [-0.3, -0.25) is 0 Å². The first kappa shape index (κ1) is 36.7. The van der Waals surface area contributed by atoms with Crippen molar-refractivity contribution in [1.82, 2.24) is 19.9 Å². The average molecular weight is 821 g/mol. The van der Waals surface area contributed by atoms with Crippen molar-refractivity contribution in [2.24, 2.45) is 0 Å². The van der Waals surface area contributed by atoms with E-state index < -0.39 is 0 Å². The van der Waals surface area contributed by atoms with Crippen LogP contribution in [0.1, 0.15) is 0 Å². The molecule has 0 unspecified atom stereocenters. The number of thiophene rings is 1. The summed E-state index contributed by atoms with van der Waals surface area (Å²) in [5.41, 5.74) is 12.7. The molecule has 0 saturated heterocycles. The van der Waals surface area contributed by atoms with Gasteiger partial charge in [-0.2, -0.15) is 0 Å². The van der Waals surface area contributed by atoms with Gasteiger partial charge in [0.1, 0.15) is 0 Å². The zero-order valence-corrected chi connectivity index (χ0v) is 34.8. The second-order valence-corrected chi connectivity index (χ2v) is 16.8. The van der Waals surface area contributed by atoms with Crippen LogP contribution in [0.15, 0.2) is 218 Å². The zero-order valence-electron chi connectivity index (χ0n) is 34.0. The van der Waals surface area contributed by atoms with Gasteiger partial charge in [0.25, 0.3) is 0 Å². The molecule has 0 aliphatic carbocycles. The zero-order chi connectivity index (χ0) is 41.7. The Morgan fingerprint density at radius 3 is 1.35 bits per heavy atom. The number of benzene rings is 9. The van der Waals surface area contributed by atoms with Gasteiger partial charge in [0.15, 0.2) is 17.5 Å². The van der Waals surface area contributed by atoms with Crippen molar-refractivity contribution in [3.63, 3.8) is 0 Å². The molecule has 0 aliphatic heterocycles. The Bertz CT molecular complexity index is 3570. The smallest absolute Gasteiger partial charge is 0.164 e. The Labute approximate surface area is 368 Å². The summed E-state index contributed by atoms with van der Waals surface area (Å²) in [5.74, 6) is 1.87. The first-order valence-electron chi connectivity index (χ1n) is 21.1. The van der Waals surface area contributed by atoms with Gasteiger partial charge in [-0.1, -0.05) is 188 Å². The lowest BCUT2D eigenvalue weighted by molar-refractivity contribution is 1.07. The molecule has 12 aromatic rings. The predicted molar refractivity (Wildman–Crippen MR) is 264 cm³/mol. The van der Waals surface area contributed by atoms with E-state index in [2.05, 4.69) is 206 Å². The topological polar surface area (TPSA) is 51.6 Å². The Morgan fingerprint density at radius 2 is 0.746 bits per heavy atom. The fraction of sp³-hybridized carbons (Fsp3) is 0. The van der Waals surface area contributed by atoms with Gasteiger partial charge in [-0.25, -0.2) is 19.9 Å². The molecule has 63 heavy (non-hydrogen) atoms. The number of fused-ring (bicyclic) bond motifs is 7. The minimum absolute atomic E-state index is 0.619. The number of hydrogen-bond acceptors (Lipinski definition) is 5. The third-order valence-corrected chi connectivity index (χ3v) is 13.1. The van der Waals surface area contributed by atoms with Gasteiger partial charge in [-0.15, -0.1) is 11.3 Å². The largest absolute Gasteiger partial charge is 0.247 e. The lowest BCUT2D eigenvalue weighted by atomic mass is 9.95. The summed E-state index contributed by atoms with van der Waals surface area (Å²) >= 11 is 1.85. The summed E-state index contributed by atoms with van der Waals surface area (Å²) in [5, 5.41) is 6.07. The van der Waals surface area contributed by atoms with E-state index in [0.717, 1.165) is 72.1 Å². The van der Waals surface area contributed by atoms with Crippen LogP contribution in [0.2, 0.25) is 0 Å². The molecule has 5 heteroatoms. The number of hydrogen-bond donors (Lipinski definition) is 0. The monoisotopic (exact) mass is 820 g/mol. The van der Waals surface area contributed by atoms with E-state index in [1.807, 2.05) is 23.5 Å². The van der Waals surface area contributed by atoms with Crippen molar-refractivity contribution in [3.8, 4) is 78.8 Å². The molecular formula is C58H36N4S.